The van der Waals surface area contributed by atoms with Gasteiger partial charge in [-0.1, -0.05) is 0 Å². The van der Waals surface area contributed by atoms with Crippen LogP contribution in [0.4, 0.5) is 0 Å². The number of hydrogen-bond donors (Lipinski definition) is 0. The van der Waals surface area contributed by atoms with E-state index in [-0.39, 0.29) is 18.8 Å². The molecule has 0 radical (unpaired) electrons. The first-order chi connectivity index (χ1) is 8.27. The molecule has 0 unspecified atom stereocenters. The average Bonchev–Trinajstić information content (AvgIpc) is 2.27. The number of carbonyl (C=O) groups excluding carboxylic acids is 1. The van der Waals surface area contributed by atoms with Crippen LogP contribution in [0.5, 0.6) is 0 Å². The quantitative estimate of drug-likeness (QED) is 0.740. The van der Waals surface area contributed by atoms with Crippen molar-refractivity contribution < 1.29 is 9.53 Å². The van der Waals surface area contributed by atoms with E-state index in [1.165, 1.54) is 16.8 Å². The second-order valence-corrected chi connectivity index (χ2v) is 4.96. The van der Waals surface area contributed by atoms with E-state index >= 15 is 0 Å². The van der Waals surface area contributed by atoms with Crippen LogP contribution >= 0.6 is 0 Å². The molecule has 0 bridgehead atoms. The van der Waals surface area contributed by atoms with Crippen molar-refractivity contribution in [3.8, 4) is 0 Å². The van der Waals surface area contributed by atoms with Gasteiger partial charge < -0.3 is 4.74 Å². The summed E-state index contributed by atoms with van der Waals surface area (Å²) in [6, 6.07) is 1.27. The fourth-order valence-electron chi connectivity index (χ4n) is 1.29. The highest BCUT2D eigenvalue weighted by Crippen LogP contribution is 2.14. The summed E-state index contributed by atoms with van der Waals surface area (Å²) in [5.41, 5.74) is -1.46. The second kappa shape index (κ2) is 5.20. The predicted molar refractivity (Wildman–Crippen MR) is 66.2 cm³/mol. The third-order valence-electron chi connectivity index (χ3n) is 2.40. The lowest BCUT2D eigenvalue weighted by molar-refractivity contribution is -0.157. The minimum atomic E-state index is -0.622. The van der Waals surface area contributed by atoms with Gasteiger partial charge in [0.05, 0.1) is 5.41 Å². The third kappa shape index (κ3) is 3.09. The Bertz CT molecular complexity index is 548. The van der Waals surface area contributed by atoms with Crippen molar-refractivity contribution in [1.82, 2.24) is 9.13 Å². The Labute approximate surface area is 105 Å². The maximum absolute atomic E-state index is 11.8. The molecular formula is C12H18N2O4. The van der Waals surface area contributed by atoms with Crippen molar-refractivity contribution >= 4 is 5.97 Å². The summed E-state index contributed by atoms with van der Waals surface area (Å²) in [6.45, 7) is 6.98. The van der Waals surface area contributed by atoms with Crippen LogP contribution in [0.1, 0.15) is 27.7 Å². The van der Waals surface area contributed by atoms with Crippen molar-refractivity contribution in [2.75, 3.05) is 0 Å². The zero-order chi connectivity index (χ0) is 13.9. The molecule has 1 rings (SSSR count). The van der Waals surface area contributed by atoms with Crippen LogP contribution in [0.15, 0.2) is 21.9 Å². The minimum Gasteiger partial charge on any atom is -0.443 e. The smallest absolute Gasteiger partial charge is 0.333 e. The van der Waals surface area contributed by atoms with E-state index in [1.54, 1.807) is 27.7 Å². The Morgan fingerprint density at radius 2 is 1.94 bits per heavy atom. The number of hydrogen-bond acceptors (Lipinski definition) is 4. The van der Waals surface area contributed by atoms with Gasteiger partial charge in [0.1, 0.15) is 0 Å². The lowest BCUT2D eigenvalue weighted by atomic mass is 9.98. The van der Waals surface area contributed by atoms with Gasteiger partial charge in [0.2, 0.25) is 0 Å². The summed E-state index contributed by atoms with van der Waals surface area (Å²) in [4.78, 5) is 34.7. The molecular weight excluding hydrogens is 236 g/mol. The topological polar surface area (TPSA) is 70.3 Å². The minimum absolute atomic E-state index is 0.185. The molecule has 0 saturated carbocycles. The summed E-state index contributed by atoms with van der Waals surface area (Å²) >= 11 is 0. The Morgan fingerprint density at radius 1 is 1.33 bits per heavy atom. The van der Waals surface area contributed by atoms with Gasteiger partial charge in [0.15, 0.2) is 6.73 Å². The molecule has 6 heteroatoms. The molecule has 6 nitrogen and oxygen atoms in total. The number of carbonyl (C=O) groups is 1. The van der Waals surface area contributed by atoms with Gasteiger partial charge in [-0.15, -0.1) is 0 Å². The fraction of sp³-hybridized carbons (Fsp3) is 0.583. The van der Waals surface area contributed by atoms with Crippen molar-refractivity contribution in [2.45, 2.75) is 41.0 Å². The van der Waals surface area contributed by atoms with E-state index in [0.717, 1.165) is 4.57 Å². The summed E-state index contributed by atoms with van der Waals surface area (Å²) in [5.74, 6) is -0.399. The lowest BCUT2D eigenvalue weighted by Crippen LogP contribution is -2.39. The SMILES string of the molecule is CCn1c(=O)ccn(COC(=O)C(C)(C)C)c1=O. The molecule has 0 N–H and O–H groups in total. The second-order valence-electron chi connectivity index (χ2n) is 4.96. The molecule has 1 aromatic heterocycles. The Kier molecular flexibility index (Phi) is 4.11. The van der Waals surface area contributed by atoms with Gasteiger partial charge in [-0.25, -0.2) is 4.79 Å². The number of aromatic nitrogens is 2. The first-order valence-corrected chi connectivity index (χ1v) is 5.75. The molecule has 0 aliphatic carbocycles. The van der Waals surface area contributed by atoms with E-state index in [4.69, 9.17) is 4.74 Å². The Hall–Kier alpha value is -1.85. The van der Waals surface area contributed by atoms with E-state index in [1.807, 2.05) is 0 Å². The van der Waals surface area contributed by atoms with Crippen LogP contribution in [-0.2, 0) is 22.8 Å². The molecule has 0 amide bonds. The molecule has 0 fully saturated rings. The molecule has 0 saturated heterocycles. The Balaban J connectivity index is 2.91. The van der Waals surface area contributed by atoms with Gasteiger partial charge in [-0.05, 0) is 27.7 Å². The maximum Gasteiger partial charge on any atom is 0.333 e. The van der Waals surface area contributed by atoms with Gasteiger partial charge >= 0.3 is 11.7 Å². The van der Waals surface area contributed by atoms with E-state index in [9.17, 15) is 14.4 Å². The summed E-state index contributed by atoms with van der Waals surface area (Å²) in [5, 5.41) is 0. The Morgan fingerprint density at radius 3 is 2.44 bits per heavy atom. The van der Waals surface area contributed by atoms with Crippen molar-refractivity contribution in [2.24, 2.45) is 5.41 Å². The third-order valence-corrected chi connectivity index (χ3v) is 2.40. The number of nitrogens with zero attached hydrogens (tertiary/aromatic N) is 2. The first-order valence-electron chi connectivity index (χ1n) is 5.75. The molecule has 18 heavy (non-hydrogen) atoms. The predicted octanol–water partition coefficient (Wildman–Crippen LogP) is 0.577. The van der Waals surface area contributed by atoms with Gasteiger partial charge in [-0.3, -0.25) is 18.7 Å². The first kappa shape index (κ1) is 14.2. The number of esters is 1. The highest BCUT2D eigenvalue weighted by atomic mass is 16.5. The molecule has 0 aliphatic heterocycles. The van der Waals surface area contributed by atoms with Crippen LogP contribution in [0.3, 0.4) is 0 Å². The average molecular weight is 254 g/mol. The van der Waals surface area contributed by atoms with Crippen LogP contribution in [-0.4, -0.2) is 15.1 Å². The van der Waals surface area contributed by atoms with Gasteiger partial charge in [-0.2, -0.15) is 0 Å². The monoisotopic (exact) mass is 254 g/mol. The highest BCUT2D eigenvalue weighted by molar-refractivity contribution is 5.75. The van der Waals surface area contributed by atoms with E-state index in [0.29, 0.717) is 0 Å². The molecule has 0 atom stereocenters. The van der Waals surface area contributed by atoms with Crippen molar-refractivity contribution in [3.05, 3.63) is 33.1 Å². The lowest BCUT2D eigenvalue weighted by Gasteiger charge is -2.17. The normalized spacial score (nSPS) is 11.3. The van der Waals surface area contributed by atoms with E-state index < -0.39 is 17.1 Å². The van der Waals surface area contributed by atoms with Crippen LogP contribution in [0.25, 0.3) is 0 Å². The van der Waals surface area contributed by atoms with Crippen LogP contribution < -0.4 is 11.2 Å². The molecule has 100 valence electrons. The van der Waals surface area contributed by atoms with Crippen LogP contribution in [0.2, 0.25) is 0 Å². The van der Waals surface area contributed by atoms with Crippen molar-refractivity contribution in [3.63, 3.8) is 0 Å². The molecule has 1 heterocycles. The standard InChI is InChI=1S/C12H18N2O4/c1-5-14-9(15)6-7-13(11(14)17)8-18-10(16)12(2,3)4/h6-7H,5,8H2,1-4H3. The maximum atomic E-state index is 11.8. The number of rotatable bonds is 3. The highest BCUT2D eigenvalue weighted by Gasteiger charge is 2.23. The summed E-state index contributed by atoms with van der Waals surface area (Å²) in [6.07, 6.45) is 1.33. The summed E-state index contributed by atoms with van der Waals surface area (Å²) < 4.78 is 7.28. The zero-order valence-electron chi connectivity index (χ0n) is 11.1. The molecule has 0 aromatic carbocycles. The largest absolute Gasteiger partial charge is 0.443 e. The van der Waals surface area contributed by atoms with Crippen molar-refractivity contribution in [1.29, 1.82) is 0 Å². The molecule has 0 aliphatic rings. The van der Waals surface area contributed by atoms with E-state index in [2.05, 4.69) is 0 Å². The molecule has 0 spiro atoms. The van der Waals surface area contributed by atoms with Crippen LogP contribution in [0, 0.1) is 5.41 Å². The number of ether oxygens (including phenoxy) is 1. The van der Waals surface area contributed by atoms with Gasteiger partial charge in [0, 0.05) is 18.8 Å². The summed E-state index contributed by atoms with van der Waals surface area (Å²) in [7, 11) is 0. The van der Waals surface area contributed by atoms with Gasteiger partial charge in [0.25, 0.3) is 5.56 Å². The zero-order valence-corrected chi connectivity index (χ0v) is 11.1. The fourth-order valence-corrected chi connectivity index (χ4v) is 1.29. The molecule has 1 aromatic rings.